The summed E-state index contributed by atoms with van der Waals surface area (Å²) in [7, 11) is 1.26. The Balaban J connectivity index is 1.95. The van der Waals surface area contributed by atoms with Crippen LogP contribution in [0.5, 0.6) is 0 Å². The molecule has 2 N–H and O–H groups in total. The van der Waals surface area contributed by atoms with E-state index in [4.69, 9.17) is 0 Å². The maximum atomic E-state index is 11.5. The number of hydrogen-bond donors (Lipinski definition) is 2. The van der Waals surface area contributed by atoms with Crippen LogP contribution in [0.1, 0.15) is 12.0 Å². The lowest BCUT2D eigenvalue weighted by molar-refractivity contribution is -0.143. The molecule has 1 heterocycles. The predicted octanol–water partition coefficient (Wildman–Crippen LogP) is 2.15. The van der Waals surface area contributed by atoms with Gasteiger partial charge in [0.25, 0.3) is 0 Å². The summed E-state index contributed by atoms with van der Waals surface area (Å²) in [5, 5.41) is 3.83. The van der Waals surface area contributed by atoms with Gasteiger partial charge < -0.3 is 15.0 Å². The molecule has 0 bridgehead atoms. The van der Waals surface area contributed by atoms with Crippen molar-refractivity contribution in [3.8, 4) is 0 Å². The van der Waals surface area contributed by atoms with Crippen molar-refractivity contribution in [1.29, 1.82) is 0 Å². The summed E-state index contributed by atoms with van der Waals surface area (Å²) >= 11 is 3.49. The number of halogens is 1. The number of nitrogens with one attached hydrogen (secondary N) is 2. The maximum Gasteiger partial charge on any atom is 0.315 e. The van der Waals surface area contributed by atoms with Crippen molar-refractivity contribution in [3.63, 3.8) is 0 Å². The third-order valence-corrected chi connectivity index (χ3v) is 3.67. The van der Waals surface area contributed by atoms with E-state index in [1.807, 2.05) is 24.3 Å². The van der Waals surface area contributed by atoms with Crippen LogP contribution in [-0.4, -0.2) is 30.5 Å². The highest BCUT2D eigenvalue weighted by molar-refractivity contribution is 9.10. The molecular weight excluding hydrogens is 324 g/mol. The number of aromatic amines is 1. The minimum Gasteiger partial charge on any atom is -0.469 e. The number of ether oxygens (including phenoxy) is 1. The summed E-state index contributed by atoms with van der Waals surface area (Å²) < 4.78 is 5.36. The average Bonchev–Trinajstić information content (AvgIpc) is 2.75. The highest BCUT2D eigenvalue weighted by Crippen LogP contribution is 2.26. The van der Waals surface area contributed by atoms with Crippen LogP contribution in [-0.2, 0) is 20.7 Å². The van der Waals surface area contributed by atoms with Crippen LogP contribution in [0.4, 0.5) is 0 Å². The molecule has 20 heavy (non-hydrogen) atoms. The van der Waals surface area contributed by atoms with Gasteiger partial charge in [-0.3, -0.25) is 9.59 Å². The zero-order chi connectivity index (χ0) is 14.5. The van der Waals surface area contributed by atoms with E-state index < -0.39 is 5.97 Å². The first kappa shape index (κ1) is 14.6. The lowest BCUT2D eigenvalue weighted by Crippen LogP contribution is -2.28. The number of methoxy groups -OCH3 is 1. The Morgan fingerprint density at radius 3 is 2.85 bits per heavy atom. The molecule has 0 saturated heterocycles. The van der Waals surface area contributed by atoms with Crippen molar-refractivity contribution in [2.24, 2.45) is 0 Å². The Hall–Kier alpha value is -1.82. The van der Waals surface area contributed by atoms with Crippen LogP contribution in [0.15, 0.2) is 28.9 Å². The highest BCUT2D eigenvalue weighted by Gasteiger charge is 2.11. The van der Waals surface area contributed by atoms with E-state index in [2.05, 4.69) is 31.0 Å². The van der Waals surface area contributed by atoms with Gasteiger partial charge in [-0.25, -0.2) is 0 Å². The molecule has 0 aliphatic rings. The van der Waals surface area contributed by atoms with Crippen LogP contribution in [0, 0.1) is 0 Å². The number of benzene rings is 1. The van der Waals surface area contributed by atoms with Gasteiger partial charge in [0.15, 0.2) is 0 Å². The predicted molar refractivity (Wildman–Crippen MR) is 79.3 cm³/mol. The summed E-state index contributed by atoms with van der Waals surface area (Å²) in [6, 6.07) is 7.97. The SMILES string of the molecule is COC(=O)CC(=O)NCCc1c(Br)[nH]c2ccccc12. The van der Waals surface area contributed by atoms with Crippen molar-refractivity contribution < 1.29 is 14.3 Å². The molecule has 6 heteroatoms. The van der Waals surface area contributed by atoms with Gasteiger partial charge in [-0.1, -0.05) is 18.2 Å². The van der Waals surface area contributed by atoms with E-state index >= 15 is 0 Å². The molecule has 1 amide bonds. The number of carbonyl (C=O) groups excluding carboxylic acids is 2. The number of H-pyrrole nitrogens is 1. The van der Waals surface area contributed by atoms with Crippen LogP contribution in [0.25, 0.3) is 10.9 Å². The van der Waals surface area contributed by atoms with Crippen LogP contribution in [0.3, 0.4) is 0 Å². The summed E-state index contributed by atoms with van der Waals surface area (Å²) in [4.78, 5) is 25.6. The van der Waals surface area contributed by atoms with Crippen molar-refractivity contribution >= 4 is 38.7 Å². The first-order valence-electron chi connectivity index (χ1n) is 6.20. The minimum atomic E-state index is -0.532. The van der Waals surface area contributed by atoms with E-state index in [-0.39, 0.29) is 12.3 Å². The molecule has 106 valence electrons. The normalized spacial score (nSPS) is 10.5. The smallest absolute Gasteiger partial charge is 0.315 e. The van der Waals surface area contributed by atoms with Crippen LogP contribution >= 0.6 is 15.9 Å². The molecule has 2 aromatic rings. The third-order valence-electron chi connectivity index (χ3n) is 2.99. The van der Waals surface area contributed by atoms with Crippen molar-refractivity contribution in [2.75, 3.05) is 13.7 Å². The Morgan fingerprint density at radius 2 is 2.10 bits per heavy atom. The summed E-state index contributed by atoms with van der Waals surface area (Å²) in [6.07, 6.45) is 0.434. The molecule has 0 radical (unpaired) electrons. The first-order valence-corrected chi connectivity index (χ1v) is 6.99. The lowest BCUT2D eigenvalue weighted by Gasteiger charge is -2.04. The third kappa shape index (κ3) is 3.39. The number of fused-ring (bicyclic) bond motifs is 1. The zero-order valence-corrected chi connectivity index (χ0v) is 12.6. The number of carbonyl (C=O) groups is 2. The Bertz CT molecular complexity index is 636. The molecule has 2 rings (SSSR count). The average molecular weight is 339 g/mol. The van der Waals surface area contributed by atoms with E-state index in [1.54, 1.807) is 0 Å². The fourth-order valence-electron chi connectivity index (χ4n) is 2.00. The van der Waals surface area contributed by atoms with E-state index in [9.17, 15) is 9.59 Å². The second kappa shape index (κ2) is 6.56. The van der Waals surface area contributed by atoms with Gasteiger partial charge in [-0.2, -0.15) is 0 Å². The Labute approximate surface area is 124 Å². The fraction of sp³-hybridized carbons (Fsp3) is 0.286. The number of rotatable bonds is 5. The molecule has 0 aliphatic carbocycles. The number of hydrogen-bond acceptors (Lipinski definition) is 3. The van der Waals surface area contributed by atoms with Gasteiger partial charge in [0.1, 0.15) is 6.42 Å². The fourth-order valence-corrected chi connectivity index (χ4v) is 2.63. The molecule has 0 fully saturated rings. The van der Waals surface area contributed by atoms with E-state index in [0.29, 0.717) is 13.0 Å². The van der Waals surface area contributed by atoms with Crippen molar-refractivity contribution in [3.05, 3.63) is 34.4 Å². The Kier molecular flexibility index (Phi) is 4.79. The van der Waals surface area contributed by atoms with E-state index in [0.717, 1.165) is 21.1 Å². The molecule has 1 aromatic heterocycles. The molecule has 5 nitrogen and oxygen atoms in total. The molecule has 0 unspecified atom stereocenters. The molecule has 0 aliphatic heterocycles. The van der Waals surface area contributed by atoms with Crippen molar-refractivity contribution in [1.82, 2.24) is 10.3 Å². The molecule has 0 atom stereocenters. The quantitative estimate of drug-likeness (QED) is 0.648. The number of amides is 1. The topological polar surface area (TPSA) is 71.2 Å². The second-order valence-electron chi connectivity index (χ2n) is 4.32. The second-order valence-corrected chi connectivity index (χ2v) is 5.11. The number of para-hydroxylation sites is 1. The van der Waals surface area contributed by atoms with Gasteiger partial charge in [0.2, 0.25) is 5.91 Å². The van der Waals surface area contributed by atoms with E-state index in [1.165, 1.54) is 7.11 Å². The highest BCUT2D eigenvalue weighted by atomic mass is 79.9. The number of aromatic nitrogens is 1. The molecule has 1 aromatic carbocycles. The molecular formula is C14H15BrN2O3. The lowest BCUT2D eigenvalue weighted by atomic mass is 10.1. The van der Waals surface area contributed by atoms with Gasteiger partial charge in [-0.05, 0) is 34.0 Å². The largest absolute Gasteiger partial charge is 0.469 e. The van der Waals surface area contributed by atoms with Gasteiger partial charge >= 0.3 is 5.97 Å². The first-order chi connectivity index (χ1) is 9.61. The van der Waals surface area contributed by atoms with Crippen LogP contribution in [0.2, 0.25) is 0 Å². The van der Waals surface area contributed by atoms with Gasteiger partial charge in [-0.15, -0.1) is 0 Å². The standard InChI is InChI=1S/C14H15BrN2O3/c1-20-13(19)8-12(18)16-7-6-10-9-4-2-3-5-11(9)17-14(10)15/h2-5,17H,6-8H2,1H3,(H,16,18). The summed E-state index contributed by atoms with van der Waals surface area (Å²) in [6.45, 7) is 0.469. The molecule has 0 spiro atoms. The monoisotopic (exact) mass is 338 g/mol. The number of esters is 1. The summed E-state index contributed by atoms with van der Waals surface area (Å²) in [5.41, 5.74) is 2.16. The minimum absolute atomic E-state index is 0.244. The molecule has 0 saturated carbocycles. The van der Waals surface area contributed by atoms with Crippen molar-refractivity contribution in [2.45, 2.75) is 12.8 Å². The maximum absolute atomic E-state index is 11.5. The van der Waals surface area contributed by atoms with Crippen LogP contribution < -0.4 is 5.32 Å². The summed E-state index contributed by atoms with van der Waals surface area (Å²) in [5.74, 6) is -0.858. The van der Waals surface area contributed by atoms with Gasteiger partial charge in [0.05, 0.1) is 11.7 Å². The van der Waals surface area contributed by atoms with Gasteiger partial charge in [0, 0.05) is 17.4 Å². The zero-order valence-electron chi connectivity index (χ0n) is 11.0. The Morgan fingerprint density at radius 1 is 1.35 bits per heavy atom.